The Labute approximate surface area is 189 Å². The van der Waals surface area contributed by atoms with E-state index in [1.54, 1.807) is 0 Å². The molecule has 32 heavy (non-hydrogen) atoms. The molecule has 182 valence electrons. The molecule has 0 saturated carbocycles. The summed E-state index contributed by atoms with van der Waals surface area (Å²) < 4.78 is 31.2. The minimum absolute atomic E-state index is 0.00404. The number of fused-ring (bicyclic) bond motifs is 1. The Morgan fingerprint density at radius 1 is 1.12 bits per heavy atom. The van der Waals surface area contributed by atoms with E-state index in [1.165, 1.54) is 12.8 Å². The number of hydrogen-bond acceptors (Lipinski definition) is 7. The summed E-state index contributed by atoms with van der Waals surface area (Å²) >= 11 is 0. The second-order valence-electron chi connectivity index (χ2n) is 8.29. The maximum atomic E-state index is 12.2. The number of aromatic amines is 1. The molecule has 0 aromatic carbocycles. The Morgan fingerprint density at radius 3 is 2.44 bits per heavy atom. The summed E-state index contributed by atoms with van der Waals surface area (Å²) in [5, 5.41) is 9.68. The van der Waals surface area contributed by atoms with Gasteiger partial charge in [-0.25, -0.2) is 5.10 Å². The zero-order chi connectivity index (χ0) is 23.4. The molecule has 2 heterocycles. The van der Waals surface area contributed by atoms with Crippen molar-refractivity contribution in [3.8, 4) is 0 Å². The third-order valence-electron chi connectivity index (χ3n) is 5.54. The number of morpholine rings is 1. The Morgan fingerprint density at radius 2 is 1.75 bits per heavy atom. The highest BCUT2D eigenvalue weighted by molar-refractivity contribution is 7.85. The van der Waals surface area contributed by atoms with Crippen molar-refractivity contribution >= 4 is 16.0 Å². The van der Waals surface area contributed by atoms with Crippen molar-refractivity contribution in [1.82, 2.24) is 20.4 Å². The van der Waals surface area contributed by atoms with Crippen molar-refractivity contribution in [3.63, 3.8) is 0 Å². The van der Waals surface area contributed by atoms with Crippen LogP contribution in [0.3, 0.4) is 0 Å². The van der Waals surface area contributed by atoms with Crippen LogP contribution in [0.1, 0.15) is 55.3 Å². The average Bonchev–Trinajstić information content (AvgIpc) is 2.75. The molecule has 10 nitrogen and oxygen atoms in total. The second-order valence-corrected chi connectivity index (χ2v) is 9.76. The summed E-state index contributed by atoms with van der Waals surface area (Å²) in [5.74, 6) is -0.00404. The van der Waals surface area contributed by atoms with Gasteiger partial charge in [0.2, 0.25) is 5.91 Å². The van der Waals surface area contributed by atoms with Gasteiger partial charge in [0.25, 0.3) is 15.7 Å². The van der Waals surface area contributed by atoms with Crippen molar-refractivity contribution in [2.45, 2.75) is 57.8 Å². The summed E-state index contributed by atoms with van der Waals surface area (Å²) in [6.07, 6.45) is 9.29. The maximum Gasteiger partial charge on any atom is 0.267 e. The zero-order valence-corrected chi connectivity index (χ0v) is 19.7. The van der Waals surface area contributed by atoms with Gasteiger partial charge in [0, 0.05) is 25.2 Å². The van der Waals surface area contributed by atoms with Crippen LogP contribution < -0.4 is 10.9 Å². The van der Waals surface area contributed by atoms with Crippen LogP contribution in [0.25, 0.3) is 0 Å². The van der Waals surface area contributed by atoms with Gasteiger partial charge in [-0.05, 0) is 50.6 Å². The maximum absolute atomic E-state index is 12.2. The zero-order valence-electron chi connectivity index (χ0n) is 18.9. The first-order valence-corrected chi connectivity index (χ1v) is 13.2. The topological polar surface area (TPSA) is 142 Å². The van der Waals surface area contributed by atoms with E-state index in [2.05, 4.69) is 20.4 Å². The Bertz CT molecular complexity index is 873. The Balaban J connectivity index is 0.000000654. The Kier molecular flexibility index (Phi) is 11.3. The van der Waals surface area contributed by atoms with E-state index in [0.29, 0.717) is 12.8 Å². The third-order valence-corrected chi connectivity index (χ3v) is 5.54. The number of amides is 1. The summed E-state index contributed by atoms with van der Waals surface area (Å²) in [5.41, 5.74) is 2.49. The number of carbonyl (C=O) groups is 1. The predicted molar refractivity (Wildman–Crippen MR) is 121 cm³/mol. The van der Waals surface area contributed by atoms with Crippen LogP contribution in [0.15, 0.2) is 4.79 Å². The lowest BCUT2D eigenvalue weighted by Gasteiger charge is -2.26. The SMILES string of the molecule is CS(=O)(=O)O.O=C(Cc1n[nH]c(=O)c2c1CCCC2)NCCCCCCN1CCOCC1. The molecule has 0 unspecified atom stereocenters. The number of ether oxygens (including phenoxy) is 1. The van der Waals surface area contributed by atoms with Gasteiger partial charge < -0.3 is 10.1 Å². The van der Waals surface area contributed by atoms with Gasteiger partial charge in [0.15, 0.2) is 0 Å². The van der Waals surface area contributed by atoms with Gasteiger partial charge >= 0.3 is 0 Å². The summed E-state index contributed by atoms with van der Waals surface area (Å²) in [6.45, 7) is 5.69. The van der Waals surface area contributed by atoms with Gasteiger partial charge in [-0.15, -0.1) is 0 Å². The van der Waals surface area contributed by atoms with Crippen molar-refractivity contribution < 1.29 is 22.5 Å². The van der Waals surface area contributed by atoms with Gasteiger partial charge in [-0.3, -0.25) is 19.0 Å². The Hall–Kier alpha value is -1.82. The van der Waals surface area contributed by atoms with Crippen molar-refractivity contribution in [1.29, 1.82) is 0 Å². The summed E-state index contributed by atoms with van der Waals surface area (Å²) in [7, 11) is -3.67. The number of nitrogens with one attached hydrogen (secondary N) is 2. The average molecular weight is 473 g/mol. The van der Waals surface area contributed by atoms with E-state index in [0.717, 1.165) is 88.2 Å². The van der Waals surface area contributed by atoms with Crippen LogP contribution >= 0.6 is 0 Å². The minimum Gasteiger partial charge on any atom is -0.379 e. The standard InChI is InChI=1S/C20H32N4O3.CH4O3S/c25-19(15-18-16-7-3-4-8-17(16)20(26)23-22-18)21-9-5-1-2-6-10-24-11-13-27-14-12-24;1-5(2,3)4/h1-15H2,(H,21,25)(H,23,26);1H3,(H,2,3,4). The molecule has 0 radical (unpaired) electrons. The number of carbonyl (C=O) groups excluding carboxylic acids is 1. The minimum atomic E-state index is -3.67. The molecule has 3 N–H and O–H groups in total. The van der Waals surface area contributed by atoms with Crippen LogP contribution in [0, 0.1) is 0 Å². The molecule has 0 bridgehead atoms. The van der Waals surface area contributed by atoms with Gasteiger partial charge in [-0.1, -0.05) is 12.8 Å². The van der Waals surface area contributed by atoms with E-state index >= 15 is 0 Å². The molecule has 1 aliphatic heterocycles. The molecule has 0 atom stereocenters. The number of H-pyrrole nitrogens is 1. The fourth-order valence-corrected chi connectivity index (χ4v) is 3.95. The number of hydrogen-bond donors (Lipinski definition) is 3. The normalized spacial score (nSPS) is 16.6. The van der Waals surface area contributed by atoms with Crippen molar-refractivity contribution in [2.75, 3.05) is 45.6 Å². The fraction of sp³-hybridized carbons (Fsp3) is 0.762. The van der Waals surface area contributed by atoms with Crippen LogP contribution in [-0.4, -0.2) is 79.6 Å². The summed E-state index contributed by atoms with van der Waals surface area (Å²) in [4.78, 5) is 26.6. The first-order chi connectivity index (χ1) is 15.2. The third kappa shape index (κ3) is 10.7. The number of rotatable bonds is 9. The van der Waals surface area contributed by atoms with E-state index in [9.17, 15) is 18.0 Å². The van der Waals surface area contributed by atoms with Crippen molar-refractivity contribution in [2.24, 2.45) is 0 Å². The van der Waals surface area contributed by atoms with E-state index in [-0.39, 0.29) is 17.9 Å². The molecule has 1 aromatic heterocycles. The van der Waals surface area contributed by atoms with Crippen LogP contribution in [0.4, 0.5) is 0 Å². The second kappa shape index (κ2) is 13.7. The molecular formula is C21H36N4O6S. The molecule has 1 aromatic rings. The van der Waals surface area contributed by atoms with Crippen LogP contribution in [0.5, 0.6) is 0 Å². The molecular weight excluding hydrogens is 436 g/mol. The predicted octanol–water partition coefficient (Wildman–Crippen LogP) is 0.704. The quantitative estimate of drug-likeness (QED) is 0.352. The molecule has 0 spiro atoms. The lowest BCUT2D eigenvalue weighted by atomic mass is 9.91. The number of nitrogens with zero attached hydrogens (tertiary/aromatic N) is 2. The van der Waals surface area contributed by atoms with Gasteiger partial charge in [0.1, 0.15) is 0 Å². The molecule has 11 heteroatoms. The largest absolute Gasteiger partial charge is 0.379 e. The van der Waals surface area contributed by atoms with Crippen LogP contribution in [0.2, 0.25) is 0 Å². The monoisotopic (exact) mass is 472 g/mol. The highest BCUT2D eigenvalue weighted by Gasteiger charge is 2.19. The van der Waals surface area contributed by atoms with Gasteiger partial charge in [0.05, 0.1) is 31.6 Å². The highest BCUT2D eigenvalue weighted by atomic mass is 32.2. The first kappa shape index (κ1) is 26.4. The first-order valence-electron chi connectivity index (χ1n) is 11.3. The smallest absolute Gasteiger partial charge is 0.267 e. The molecule has 1 fully saturated rings. The molecule has 2 aliphatic rings. The lowest BCUT2D eigenvalue weighted by Crippen LogP contribution is -2.36. The van der Waals surface area contributed by atoms with E-state index in [1.807, 2.05) is 0 Å². The number of aromatic nitrogens is 2. The van der Waals surface area contributed by atoms with Crippen LogP contribution in [-0.2, 0) is 38.9 Å². The summed E-state index contributed by atoms with van der Waals surface area (Å²) in [6, 6.07) is 0. The van der Waals surface area contributed by atoms with E-state index in [4.69, 9.17) is 9.29 Å². The molecule has 1 saturated heterocycles. The molecule has 1 aliphatic carbocycles. The molecule has 1 amide bonds. The fourth-order valence-electron chi connectivity index (χ4n) is 3.95. The van der Waals surface area contributed by atoms with E-state index < -0.39 is 10.1 Å². The molecule has 3 rings (SSSR count). The lowest BCUT2D eigenvalue weighted by molar-refractivity contribution is -0.120. The van der Waals surface area contributed by atoms with Gasteiger partial charge in [-0.2, -0.15) is 13.5 Å². The van der Waals surface area contributed by atoms with Crippen molar-refractivity contribution in [3.05, 3.63) is 27.2 Å². The number of unbranched alkanes of at least 4 members (excludes halogenated alkanes) is 3. The highest BCUT2D eigenvalue weighted by Crippen LogP contribution is 2.20.